The molecule has 0 saturated carbocycles. The van der Waals surface area contributed by atoms with E-state index >= 15 is 0 Å². The molecule has 0 spiro atoms. The van der Waals surface area contributed by atoms with Crippen LogP contribution in [0.5, 0.6) is 0 Å². The highest BCUT2D eigenvalue weighted by Gasteiger charge is 2.52. The third-order valence-corrected chi connectivity index (χ3v) is 9.45. The van der Waals surface area contributed by atoms with Crippen LogP contribution in [0, 0.1) is 37.5 Å². The van der Waals surface area contributed by atoms with Gasteiger partial charge in [-0.2, -0.15) is 9.58 Å². The third kappa shape index (κ3) is 5.77. The van der Waals surface area contributed by atoms with Gasteiger partial charge in [0.1, 0.15) is 11.8 Å². The predicted molar refractivity (Wildman–Crippen MR) is 136 cm³/mol. The lowest BCUT2D eigenvalue weighted by atomic mass is 9.81. The van der Waals surface area contributed by atoms with E-state index in [2.05, 4.69) is 9.58 Å². The van der Waals surface area contributed by atoms with Gasteiger partial charge in [-0.15, -0.1) is 0 Å². The molecular formula is C25H30N4O5S2. The van der Waals surface area contributed by atoms with Crippen molar-refractivity contribution in [1.82, 2.24) is 0 Å². The van der Waals surface area contributed by atoms with E-state index in [0.717, 1.165) is 11.1 Å². The first-order chi connectivity index (χ1) is 16.7. The molecule has 2 aromatic rings. The van der Waals surface area contributed by atoms with Crippen LogP contribution in [0.1, 0.15) is 38.8 Å². The zero-order valence-electron chi connectivity index (χ0n) is 21.1. The normalized spacial score (nSPS) is 13.6. The van der Waals surface area contributed by atoms with E-state index in [1.54, 1.807) is 65.8 Å². The number of sulfone groups is 2. The van der Waals surface area contributed by atoms with Crippen molar-refractivity contribution in [1.29, 1.82) is 0 Å². The molecule has 0 N–H and O–H groups in total. The maximum atomic E-state index is 13.9. The van der Waals surface area contributed by atoms with Crippen molar-refractivity contribution in [3.05, 3.63) is 70.7 Å². The summed E-state index contributed by atoms with van der Waals surface area (Å²) in [5.41, 5.74) is 21.2. The van der Waals surface area contributed by atoms with Gasteiger partial charge < -0.3 is 11.1 Å². The van der Waals surface area contributed by atoms with Gasteiger partial charge in [0.25, 0.3) is 19.7 Å². The number of rotatable bonds is 8. The summed E-state index contributed by atoms with van der Waals surface area (Å²) in [5, 5.41) is -1.61. The van der Waals surface area contributed by atoms with E-state index in [4.69, 9.17) is 0 Å². The van der Waals surface area contributed by atoms with Crippen LogP contribution in [0.25, 0.3) is 11.1 Å². The molecule has 0 aliphatic heterocycles. The molecule has 2 aromatic carbocycles. The number of hydrogen-bond acceptors (Lipinski definition) is 5. The zero-order chi connectivity index (χ0) is 27.4. The summed E-state index contributed by atoms with van der Waals surface area (Å²) >= 11 is 0. The van der Waals surface area contributed by atoms with Crippen molar-refractivity contribution in [3.63, 3.8) is 0 Å². The van der Waals surface area contributed by atoms with Crippen molar-refractivity contribution in [2.75, 3.05) is 0 Å². The minimum atomic E-state index is -4.41. The lowest BCUT2D eigenvalue weighted by molar-refractivity contribution is -0.127. The molecule has 0 radical (unpaired) electrons. The summed E-state index contributed by atoms with van der Waals surface area (Å²) in [5.74, 6) is -5.29. The Morgan fingerprint density at radius 2 is 0.917 bits per heavy atom. The maximum Gasteiger partial charge on any atom is 0.396 e. The third-order valence-electron chi connectivity index (χ3n) is 5.89. The first-order valence-corrected chi connectivity index (χ1v) is 14.3. The monoisotopic (exact) mass is 530 g/mol. The second kappa shape index (κ2) is 11.2. The Morgan fingerprint density at radius 3 is 1.14 bits per heavy atom. The fourth-order valence-electron chi connectivity index (χ4n) is 3.91. The summed E-state index contributed by atoms with van der Waals surface area (Å²) < 4.78 is 53.5. The Morgan fingerprint density at radius 1 is 0.639 bits per heavy atom. The van der Waals surface area contributed by atoms with Crippen LogP contribution in [0.4, 0.5) is 0 Å². The van der Waals surface area contributed by atoms with Crippen LogP contribution < -0.4 is 0 Å². The minimum Gasteiger partial charge on any atom is -0.360 e. The molecule has 0 saturated heterocycles. The molecule has 2 atom stereocenters. The summed E-state index contributed by atoms with van der Waals surface area (Å²) in [6.45, 7) is 9.77. The topological polar surface area (TPSA) is 158 Å². The van der Waals surface area contributed by atoms with E-state index in [9.17, 15) is 32.7 Å². The number of hydrogen-bond donors (Lipinski definition) is 0. The fraction of sp³-hybridized carbons (Fsp3) is 0.400. The molecule has 9 nitrogen and oxygen atoms in total. The molecule has 11 heteroatoms. The highest BCUT2D eigenvalue weighted by atomic mass is 32.2. The first kappa shape index (κ1) is 29.0. The van der Waals surface area contributed by atoms with Crippen LogP contribution in [0.2, 0.25) is 0 Å². The van der Waals surface area contributed by atoms with Crippen molar-refractivity contribution in [2.45, 2.75) is 51.3 Å². The number of Topliss-reactive ketones (excluding diaryl/α,β-unsaturated/α-hetero) is 1. The van der Waals surface area contributed by atoms with Gasteiger partial charge in [-0.3, -0.25) is 4.79 Å². The SMILES string of the molecule is Cc1ccc(S(=O)(=O)C(=[N+]=[N-])C(C(=O)C(C(=[N+]=[N-])S(=O)(=O)c2ccc(C)cc2)C(C)C)C(C)C)cc1. The Kier molecular flexibility index (Phi) is 9.04. The van der Waals surface area contributed by atoms with E-state index in [-0.39, 0.29) is 9.79 Å². The molecule has 192 valence electrons. The van der Waals surface area contributed by atoms with Crippen LogP contribution in [0.15, 0.2) is 58.3 Å². The van der Waals surface area contributed by atoms with Crippen LogP contribution in [-0.4, -0.2) is 42.3 Å². The van der Waals surface area contributed by atoms with Crippen LogP contribution >= 0.6 is 0 Å². The molecule has 36 heavy (non-hydrogen) atoms. The van der Waals surface area contributed by atoms with Crippen molar-refractivity contribution in [3.8, 4) is 0 Å². The van der Waals surface area contributed by atoms with Gasteiger partial charge in [0.15, 0.2) is 5.78 Å². The number of benzene rings is 2. The predicted octanol–water partition coefficient (Wildman–Crippen LogP) is 3.92. The van der Waals surface area contributed by atoms with Gasteiger partial charge in [0.05, 0.1) is 9.79 Å². The van der Waals surface area contributed by atoms with Gasteiger partial charge in [-0.25, -0.2) is 16.8 Å². The molecule has 0 heterocycles. The molecule has 0 aromatic heterocycles. The Labute approximate surface area is 212 Å². The Balaban J connectivity index is 2.68. The summed E-state index contributed by atoms with van der Waals surface area (Å²) in [6, 6.07) is 11.6. The molecule has 0 fully saturated rings. The fourth-order valence-corrected chi connectivity index (χ4v) is 7.04. The maximum absolute atomic E-state index is 13.9. The van der Waals surface area contributed by atoms with Gasteiger partial charge in [-0.05, 0) is 49.9 Å². The average molecular weight is 531 g/mol. The lowest BCUT2D eigenvalue weighted by Crippen LogP contribution is -2.44. The first-order valence-electron chi connectivity index (χ1n) is 11.3. The quantitative estimate of drug-likeness (QED) is 0.219. The van der Waals surface area contributed by atoms with Gasteiger partial charge >= 0.3 is 10.1 Å². The molecule has 0 bridgehead atoms. The molecule has 2 unspecified atom stereocenters. The average Bonchev–Trinajstić information content (AvgIpc) is 2.80. The highest BCUT2D eigenvalue weighted by Crippen LogP contribution is 2.30. The highest BCUT2D eigenvalue weighted by molar-refractivity contribution is 8.06. The second-order valence-corrected chi connectivity index (χ2v) is 13.1. The van der Waals surface area contributed by atoms with Crippen molar-refractivity contribution >= 4 is 35.5 Å². The number of carbonyl (C=O) groups excluding carboxylic acids is 1. The van der Waals surface area contributed by atoms with Crippen molar-refractivity contribution < 1.29 is 31.2 Å². The molecular weight excluding hydrogens is 500 g/mol. The standard InChI is InChI=1S/C25H30N4O5S2/c1-15(2)21(24(28-26)35(31,32)19-11-7-17(5)8-12-19)23(30)22(16(3)4)25(29-27)36(33,34)20-13-9-18(6)10-14-20/h7-16,21-22H,1-6H3. The van der Waals surface area contributed by atoms with Gasteiger partial charge in [-0.1, -0.05) is 63.1 Å². The molecule has 0 aliphatic rings. The van der Waals surface area contributed by atoms with Crippen LogP contribution in [0.3, 0.4) is 0 Å². The minimum absolute atomic E-state index is 0.177. The lowest BCUT2D eigenvalue weighted by Gasteiger charge is -2.22. The summed E-state index contributed by atoms with van der Waals surface area (Å²) in [4.78, 5) is 19.6. The number of nitrogens with zero attached hydrogens (tertiary/aromatic N) is 4. The summed E-state index contributed by atoms with van der Waals surface area (Å²) in [6.07, 6.45) is 0. The zero-order valence-corrected chi connectivity index (χ0v) is 22.7. The Bertz CT molecular complexity index is 1340. The number of aryl methyl sites for hydroxylation is 2. The van der Waals surface area contributed by atoms with E-state index in [1.807, 2.05) is 0 Å². The smallest absolute Gasteiger partial charge is 0.360 e. The van der Waals surface area contributed by atoms with Crippen LogP contribution in [-0.2, 0) is 24.5 Å². The van der Waals surface area contributed by atoms with E-state index in [1.165, 1.54) is 24.3 Å². The summed E-state index contributed by atoms with van der Waals surface area (Å²) in [7, 11) is -8.83. The molecule has 0 aliphatic carbocycles. The molecule has 0 amide bonds. The van der Waals surface area contributed by atoms with E-state index < -0.39 is 59.2 Å². The Hall–Kier alpha value is -3.23. The number of ketones is 1. The van der Waals surface area contributed by atoms with Gasteiger partial charge in [0.2, 0.25) is 0 Å². The van der Waals surface area contributed by atoms with E-state index in [0.29, 0.717) is 0 Å². The molecule has 2 rings (SSSR count). The second-order valence-electron chi connectivity index (χ2n) is 9.36. The van der Waals surface area contributed by atoms with Crippen molar-refractivity contribution in [2.24, 2.45) is 23.7 Å². The van der Waals surface area contributed by atoms with Gasteiger partial charge in [0, 0.05) is 0 Å². The number of carbonyl (C=O) groups is 1. The largest absolute Gasteiger partial charge is 0.396 e.